The fourth-order valence-corrected chi connectivity index (χ4v) is 4.50. The quantitative estimate of drug-likeness (QED) is 0.298. The third kappa shape index (κ3) is 5.22. The van der Waals surface area contributed by atoms with Crippen LogP contribution < -0.4 is 5.43 Å². The fraction of sp³-hybridized carbons (Fsp3) is 0.148. The zero-order chi connectivity index (χ0) is 23.6. The lowest BCUT2D eigenvalue weighted by atomic mass is 10.0. The molecule has 1 heterocycles. The Labute approximate surface area is 194 Å². The molecule has 168 valence electrons. The molecule has 0 aliphatic carbocycles. The second-order valence-corrected chi connectivity index (χ2v) is 9.16. The van der Waals surface area contributed by atoms with E-state index in [0.29, 0.717) is 17.0 Å². The van der Waals surface area contributed by atoms with Gasteiger partial charge in [0.2, 0.25) is 0 Å². The van der Waals surface area contributed by atoms with Gasteiger partial charge in [-0.15, -0.1) is 13.2 Å². The maximum absolute atomic E-state index is 13.6. The third-order valence-corrected chi connectivity index (χ3v) is 6.29. The van der Waals surface area contributed by atoms with Crippen molar-refractivity contribution in [1.29, 1.82) is 0 Å². The van der Waals surface area contributed by atoms with Gasteiger partial charge in [-0.25, -0.2) is 0 Å². The molecule has 3 aromatic carbocycles. The lowest BCUT2D eigenvalue weighted by Crippen LogP contribution is -2.21. The molecule has 2 nitrogen and oxygen atoms in total. The topological polar surface area (TPSA) is 22.0 Å². The summed E-state index contributed by atoms with van der Waals surface area (Å²) in [4.78, 5) is 15.1. The predicted octanol–water partition coefficient (Wildman–Crippen LogP) is 7.93. The lowest BCUT2D eigenvalue weighted by Gasteiger charge is -2.15. The molecule has 0 saturated carbocycles. The van der Waals surface area contributed by atoms with Crippen molar-refractivity contribution in [3.63, 3.8) is 0 Å². The maximum atomic E-state index is 13.6. The van der Waals surface area contributed by atoms with Crippen LogP contribution in [-0.4, -0.2) is 4.57 Å². The van der Waals surface area contributed by atoms with Crippen LogP contribution in [0.15, 0.2) is 106 Å². The van der Waals surface area contributed by atoms with E-state index in [9.17, 15) is 18.0 Å². The lowest BCUT2D eigenvalue weighted by molar-refractivity contribution is -0.204. The van der Waals surface area contributed by atoms with Crippen LogP contribution in [0.25, 0.3) is 22.3 Å². The van der Waals surface area contributed by atoms with Crippen LogP contribution in [0.2, 0.25) is 0 Å². The van der Waals surface area contributed by atoms with E-state index in [1.165, 1.54) is 17.3 Å². The Morgan fingerprint density at radius 1 is 0.758 bits per heavy atom. The van der Waals surface area contributed by atoms with E-state index in [4.69, 9.17) is 0 Å². The second kappa shape index (κ2) is 9.32. The summed E-state index contributed by atoms with van der Waals surface area (Å²) in [6, 6.07) is 23.7. The van der Waals surface area contributed by atoms with E-state index >= 15 is 0 Å². The van der Waals surface area contributed by atoms with Gasteiger partial charge in [-0.05, 0) is 46.9 Å². The summed E-state index contributed by atoms with van der Waals surface area (Å²) >= 11 is 1.51. The van der Waals surface area contributed by atoms with E-state index < -0.39 is 11.7 Å². The number of pyridine rings is 1. The number of benzene rings is 3. The molecular weight excluding hydrogens is 443 g/mol. The van der Waals surface area contributed by atoms with Crippen LogP contribution in [-0.2, 0) is 6.30 Å². The summed E-state index contributed by atoms with van der Waals surface area (Å²) < 4.78 is 41.1. The molecule has 0 aliphatic rings. The van der Waals surface area contributed by atoms with Gasteiger partial charge in [0.25, 0.3) is 0 Å². The summed E-state index contributed by atoms with van der Waals surface area (Å²) in [6.07, 6.45) is -2.91. The molecule has 0 N–H and O–H groups in total. The largest absolute Gasteiger partial charge is 0.488 e. The average Bonchev–Trinajstić information content (AvgIpc) is 2.79. The fourth-order valence-electron chi connectivity index (χ4n) is 3.55. The number of alkyl halides is 3. The number of hydrogen-bond acceptors (Lipinski definition) is 2. The van der Waals surface area contributed by atoms with Crippen LogP contribution in [0, 0.1) is 0 Å². The molecule has 0 spiro atoms. The Balaban J connectivity index is 1.79. The third-order valence-electron chi connectivity index (χ3n) is 5.31. The zero-order valence-corrected chi connectivity index (χ0v) is 19.0. The molecule has 4 rings (SSSR count). The normalized spacial score (nSPS) is 11.7. The minimum atomic E-state index is -4.64. The van der Waals surface area contributed by atoms with Gasteiger partial charge in [-0.3, -0.25) is 9.36 Å². The highest BCUT2D eigenvalue weighted by molar-refractivity contribution is 7.99. The number of aromatic nitrogens is 1. The Morgan fingerprint density at radius 3 is 1.97 bits per heavy atom. The SMILES string of the molecule is CC(C)c1cccc(Sc2cccc(-c3cn(C(F)(F)F)cc(-c4ccccc4)c3=O)c2)c1. The van der Waals surface area contributed by atoms with Gasteiger partial charge in [0.15, 0.2) is 5.43 Å². The van der Waals surface area contributed by atoms with E-state index in [1.807, 2.05) is 18.2 Å². The highest BCUT2D eigenvalue weighted by Gasteiger charge is 2.31. The van der Waals surface area contributed by atoms with Crippen LogP contribution in [0.3, 0.4) is 0 Å². The highest BCUT2D eigenvalue weighted by atomic mass is 32.2. The molecule has 0 atom stereocenters. The number of hydrogen-bond donors (Lipinski definition) is 0. The molecule has 0 bridgehead atoms. The Bertz CT molecular complexity index is 1330. The predicted molar refractivity (Wildman–Crippen MR) is 128 cm³/mol. The summed E-state index contributed by atoms with van der Waals surface area (Å²) in [5.41, 5.74) is 1.67. The van der Waals surface area contributed by atoms with E-state index in [1.54, 1.807) is 48.5 Å². The van der Waals surface area contributed by atoms with E-state index in [2.05, 4.69) is 26.0 Å². The zero-order valence-electron chi connectivity index (χ0n) is 18.1. The van der Waals surface area contributed by atoms with Crippen LogP contribution in [0.4, 0.5) is 13.2 Å². The Kier molecular flexibility index (Phi) is 6.47. The van der Waals surface area contributed by atoms with E-state index in [-0.39, 0.29) is 15.7 Å². The van der Waals surface area contributed by atoms with Gasteiger partial charge in [0.05, 0.1) is 0 Å². The molecule has 33 heavy (non-hydrogen) atoms. The molecule has 6 heteroatoms. The van der Waals surface area contributed by atoms with Gasteiger partial charge in [-0.2, -0.15) is 0 Å². The van der Waals surface area contributed by atoms with Crippen molar-refractivity contribution >= 4 is 11.8 Å². The summed E-state index contributed by atoms with van der Waals surface area (Å²) in [5.74, 6) is 0.387. The van der Waals surface area contributed by atoms with Crippen molar-refractivity contribution in [3.05, 3.63) is 107 Å². The standard InChI is InChI=1S/C27H22F3NOS/c1-18(2)20-10-6-12-22(14-20)33-23-13-7-11-21(15-23)25-17-31(27(28,29)30)16-24(26(25)32)19-8-4-3-5-9-19/h3-18H,1-2H3. The molecule has 4 aromatic rings. The van der Waals surface area contributed by atoms with Crippen molar-refractivity contribution in [2.24, 2.45) is 0 Å². The summed E-state index contributed by atoms with van der Waals surface area (Å²) in [5, 5.41) is 0. The Hall–Kier alpha value is -3.25. The number of nitrogens with zero attached hydrogens (tertiary/aromatic N) is 1. The molecular formula is C27H22F3NOS. The van der Waals surface area contributed by atoms with Crippen LogP contribution >= 0.6 is 11.8 Å². The first-order chi connectivity index (χ1) is 15.7. The molecule has 0 aliphatic heterocycles. The van der Waals surface area contributed by atoms with Crippen molar-refractivity contribution in [3.8, 4) is 22.3 Å². The van der Waals surface area contributed by atoms with Crippen LogP contribution in [0.5, 0.6) is 0 Å². The molecule has 1 aromatic heterocycles. The first-order valence-electron chi connectivity index (χ1n) is 10.5. The first-order valence-corrected chi connectivity index (χ1v) is 11.3. The van der Waals surface area contributed by atoms with Crippen molar-refractivity contribution in [2.45, 2.75) is 35.9 Å². The van der Waals surface area contributed by atoms with Crippen molar-refractivity contribution in [1.82, 2.24) is 4.57 Å². The minimum Gasteiger partial charge on any atom is -0.288 e. The highest BCUT2D eigenvalue weighted by Crippen LogP contribution is 2.33. The molecule has 0 amide bonds. The molecule has 0 radical (unpaired) electrons. The smallest absolute Gasteiger partial charge is 0.288 e. The second-order valence-electron chi connectivity index (χ2n) is 8.01. The number of rotatable bonds is 5. The first kappa shape index (κ1) is 22.9. The molecule has 0 fully saturated rings. The van der Waals surface area contributed by atoms with E-state index in [0.717, 1.165) is 22.2 Å². The minimum absolute atomic E-state index is 0.00654. The van der Waals surface area contributed by atoms with Gasteiger partial charge in [0, 0.05) is 33.3 Å². The Morgan fingerprint density at radius 2 is 1.33 bits per heavy atom. The van der Waals surface area contributed by atoms with Gasteiger partial charge < -0.3 is 0 Å². The van der Waals surface area contributed by atoms with Gasteiger partial charge >= 0.3 is 6.30 Å². The molecule has 0 unspecified atom stereocenters. The monoisotopic (exact) mass is 465 g/mol. The average molecular weight is 466 g/mol. The summed E-state index contributed by atoms with van der Waals surface area (Å²) in [6.45, 7) is 4.24. The molecule has 0 saturated heterocycles. The van der Waals surface area contributed by atoms with Crippen molar-refractivity contribution in [2.75, 3.05) is 0 Å². The van der Waals surface area contributed by atoms with Gasteiger partial charge in [-0.1, -0.05) is 80.2 Å². The summed E-state index contributed by atoms with van der Waals surface area (Å²) in [7, 11) is 0. The van der Waals surface area contributed by atoms with Crippen LogP contribution in [0.1, 0.15) is 25.3 Å². The van der Waals surface area contributed by atoms with Crippen molar-refractivity contribution < 1.29 is 13.2 Å². The van der Waals surface area contributed by atoms with Gasteiger partial charge in [0.1, 0.15) is 0 Å². The maximum Gasteiger partial charge on any atom is 0.488 e. The number of halogens is 3.